The topological polar surface area (TPSA) is 72.5 Å². The first-order chi connectivity index (χ1) is 12.7. The molecule has 0 fully saturated rings. The molecule has 6 nitrogen and oxygen atoms in total. The van der Waals surface area contributed by atoms with Crippen LogP contribution in [-0.4, -0.2) is 17.7 Å². The maximum absolute atomic E-state index is 12.5. The highest BCUT2D eigenvalue weighted by Gasteiger charge is 2.14. The summed E-state index contributed by atoms with van der Waals surface area (Å²) >= 11 is 6.08. The molecule has 2 aromatic carbocycles. The summed E-state index contributed by atoms with van der Waals surface area (Å²) in [5.74, 6) is 1.64. The van der Waals surface area contributed by atoms with E-state index < -0.39 is 0 Å². The molecule has 7 heteroatoms. The number of pyridine rings is 1. The molecule has 0 bridgehead atoms. The number of carbonyl (C=O) groups is 1. The molecule has 2 heterocycles. The van der Waals surface area contributed by atoms with E-state index in [9.17, 15) is 4.79 Å². The van der Waals surface area contributed by atoms with Crippen LogP contribution in [0.1, 0.15) is 10.4 Å². The van der Waals surface area contributed by atoms with E-state index in [2.05, 4.69) is 15.6 Å². The van der Waals surface area contributed by atoms with Gasteiger partial charge in [0.15, 0.2) is 11.5 Å². The van der Waals surface area contributed by atoms with Gasteiger partial charge in [0.2, 0.25) is 6.79 Å². The summed E-state index contributed by atoms with van der Waals surface area (Å²) in [6.07, 6.45) is 1.57. The van der Waals surface area contributed by atoms with E-state index in [1.54, 1.807) is 42.6 Å². The van der Waals surface area contributed by atoms with Gasteiger partial charge in [-0.25, -0.2) is 4.98 Å². The van der Waals surface area contributed by atoms with Crippen molar-refractivity contribution in [1.29, 1.82) is 0 Å². The van der Waals surface area contributed by atoms with Crippen LogP contribution < -0.4 is 20.1 Å². The van der Waals surface area contributed by atoms with E-state index in [1.165, 1.54) is 0 Å². The van der Waals surface area contributed by atoms with E-state index in [0.29, 0.717) is 33.6 Å². The second-order valence-electron chi connectivity index (χ2n) is 5.56. The van der Waals surface area contributed by atoms with Crippen molar-refractivity contribution in [2.24, 2.45) is 0 Å². The van der Waals surface area contributed by atoms with Crippen molar-refractivity contribution in [3.63, 3.8) is 0 Å². The number of carbonyl (C=O) groups excluding carboxylic acids is 1. The zero-order chi connectivity index (χ0) is 17.9. The minimum Gasteiger partial charge on any atom is -0.454 e. The molecule has 130 valence electrons. The number of amides is 1. The van der Waals surface area contributed by atoms with Gasteiger partial charge in [0.1, 0.15) is 5.82 Å². The first-order valence-electron chi connectivity index (χ1n) is 7.88. The van der Waals surface area contributed by atoms with E-state index in [-0.39, 0.29) is 12.7 Å². The largest absolute Gasteiger partial charge is 0.454 e. The number of nitrogens with one attached hydrogen (secondary N) is 2. The quantitative estimate of drug-likeness (QED) is 0.712. The monoisotopic (exact) mass is 367 g/mol. The lowest BCUT2D eigenvalue weighted by Crippen LogP contribution is -2.12. The molecule has 1 aliphatic rings. The molecule has 0 atom stereocenters. The van der Waals surface area contributed by atoms with Crippen molar-refractivity contribution in [3.8, 4) is 11.5 Å². The van der Waals surface area contributed by atoms with Crippen LogP contribution in [0.25, 0.3) is 0 Å². The van der Waals surface area contributed by atoms with Crippen molar-refractivity contribution in [1.82, 2.24) is 4.98 Å². The Hall–Kier alpha value is -3.25. The molecule has 26 heavy (non-hydrogen) atoms. The first kappa shape index (κ1) is 16.2. The number of fused-ring (bicyclic) bond motifs is 1. The van der Waals surface area contributed by atoms with Crippen molar-refractivity contribution in [2.75, 3.05) is 17.4 Å². The fourth-order valence-electron chi connectivity index (χ4n) is 2.52. The van der Waals surface area contributed by atoms with Crippen molar-refractivity contribution in [2.45, 2.75) is 0 Å². The summed E-state index contributed by atoms with van der Waals surface area (Å²) in [6, 6.07) is 15.9. The number of halogens is 1. The van der Waals surface area contributed by atoms with Crippen molar-refractivity contribution >= 4 is 34.7 Å². The van der Waals surface area contributed by atoms with E-state index >= 15 is 0 Å². The molecule has 3 aromatic rings. The lowest BCUT2D eigenvalue weighted by Gasteiger charge is -2.09. The molecular weight excluding hydrogens is 354 g/mol. The van der Waals surface area contributed by atoms with Gasteiger partial charge in [0, 0.05) is 23.5 Å². The van der Waals surface area contributed by atoms with Crippen LogP contribution in [0.15, 0.2) is 60.8 Å². The highest BCUT2D eigenvalue weighted by atomic mass is 35.5. The van der Waals surface area contributed by atoms with Gasteiger partial charge in [-0.05, 0) is 36.4 Å². The number of ether oxygens (including phenoxy) is 2. The highest BCUT2D eigenvalue weighted by Crippen LogP contribution is 2.35. The fourth-order valence-corrected chi connectivity index (χ4v) is 2.70. The highest BCUT2D eigenvalue weighted by molar-refractivity contribution is 6.33. The molecule has 1 aliphatic heterocycles. The molecule has 4 rings (SSSR count). The number of rotatable bonds is 4. The Morgan fingerprint density at radius 1 is 1.04 bits per heavy atom. The third-order valence-electron chi connectivity index (χ3n) is 3.79. The number of para-hydroxylation sites is 1. The number of anilines is 3. The maximum atomic E-state index is 12.5. The molecule has 0 radical (unpaired) electrons. The maximum Gasteiger partial charge on any atom is 0.255 e. The number of aromatic nitrogens is 1. The zero-order valence-electron chi connectivity index (χ0n) is 13.5. The van der Waals surface area contributed by atoms with Gasteiger partial charge in [-0.3, -0.25) is 4.79 Å². The van der Waals surface area contributed by atoms with Gasteiger partial charge in [0.25, 0.3) is 5.91 Å². The van der Waals surface area contributed by atoms with E-state index in [4.69, 9.17) is 21.1 Å². The molecule has 0 unspecified atom stereocenters. The summed E-state index contributed by atoms with van der Waals surface area (Å²) in [4.78, 5) is 16.7. The molecular formula is C19H14ClN3O3. The first-order valence-corrected chi connectivity index (χ1v) is 8.25. The Labute approximate surface area is 154 Å². The fraction of sp³-hybridized carbons (Fsp3) is 0.0526. The SMILES string of the molecule is O=C(Nc1ccccc1Cl)c1ccnc(Nc2ccc3c(c2)OCO3)c1. The normalized spacial score (nSPS) is 11.9. The Morgan fingerprint density at radius 3 is 2.77 bits per heavy atom. The molecule has 0 aliphatic carbocycles. The molecule has 0 spiro atoms. The van der Waals surface area contributed by atoms with Gasteiger partial charge in [-0.15, -0.1) is 0 Å². The minimum atomic E-state index is -0.269. The van der Waals surface area contributed by atoms with Crippen molar-refractivity contribution in [3.05, 3.63) is 71.4 Å². The van der Waals surface area contributed by atoms with Crippen LogP contribution >= 0.6 is 11.6 Å². The molecule has 0 saturated heterocycles. The van der Waals surface area contributed by atoms with Crippen molar-refractivity contribution < 1.29 is 14.3 Å². The third kappa shape index (κ3) is 3.41. The second kappa shape index (κ2) is 6.93. The number of benzene rings is 2. The number of hydrogen-bond acceptors (Lipinski definition) is 5. The van der Waals surface area contributed by atoms with Crippen LogP contribution in [0.2, 0.25) is 5.02 Å². The van der Waals surface area contributed by atoms with Crippen LogP contribution in [0.5, 0.6) is 11.5 Å². The van der Waals surface area contributed by atoms with Crippen LogP contribution in [0.4, 0.5) is 17.2 Å². The Kier molecular flexibility index (Phi) is 4.33. The number of nitrogens with zero attached hydrogens (tertiary/aromatic N) is 1. The lowest BCUT2D eigenvalue weighted by molar-refractivity contribution is 0.102. The van der Waals surface area contributed by atoms with Gasteiger partial charge < -0.3 is 20.1 Å². The average molecular weight is 368 g/mol. The van der Waals surface area contributed by atoms with Crippen LogP contribution in [0, 0.1) is 0 Å². The van der Waals surface area contributed by atoms with Crippen LogP contribution in [-0.2, 0) is 0 Å². The van der Waals surface area contributed by atoms with E-state index in [0.717, 1.165) is 5.69 Å². The van der Waals surface area contributed by atoms with E-state index in [1.807, 2.05) is 18.2 Å². The second-order valence-corrected chi connectivity index (χ2v) is 5.96. The Balaban J connectivity index is 1.51. The number of hydrogen-bond donors (Lipinski definition) is 2. The van der Waals surface area contributed by atoms with Gasteiger partial charge in [-0.2, -0.15) is 0 Å². The Morgan fingerprint density at radius 2 is 1.88 bits per heavy atom. The van der Waals surface area contributed by atoms with Gasteiger partial charge >= 0.3 is 0 Å². The summed E-state index contributed by atoms with van der Waals surface area (Å²) in [5, 5.41) is 6.42. The summed E-state index contributed by atoms with van der Waals surface area (Å²) in [7, 11) is 0. The smallest absolute Gasteiger partial charge is 0.255 e. The zero-order valence-corrected chi connectivity index (χ0v) is 14.3. The standard InChI is InChI=1S/C19H14ClN3O3/c20-14-3-1-2-4-15(14)23-19(24)12-7-8-21-18(9-12)22-13-5-6-16-17(10-13)26-11-25-16/h1-10H,11H2,(H,21,22)(H,23,24). The van der Waals surface area contributed by atoms with Crippen LogP contribution in [0.3, 0.4) is 0 Å². The third-order valence-corrected chi connectivity index (χ3v) is 4.12. The molecule has 1 amide bonds. The molecule has 2 N–H and O–H groups in total. The summed E-state index contributed by atoms with van der Waals surface area (Å²) in [6.45, 7) is 0.217. The van der Waals surface area contributed by atoms with Gasteiger partial charge in [-0.1, -0.05) is 23.7 Å². The summed E-state index contributed by atoms with van der Waals surface area (Å²) in [5.41, 5.74) is 1.80. The Bertz CT molecular complexity index is 978. The minimum absolute atomic E-state index is 0.217. The molecule has 0 saturated carbocycles. The average Bonchev–Trinajstić information content (AvgIpc) is 3.11. The lowest BCUT2D eigenvalue weighted by atomic mass is 10.2. The predicted octanol–water partition coefficient (Wildman–Crippen LogP) is 4.46. The summed E-state index contributed by atoms with van der Waals surface area (Å²) < 4.78 is 10.6. The molecule has 1 aromatic heterocycles. The van der Waals surface area contributed by atoms with Gasteiger partial charge in [0.05, 0.1) is 10.7 Å². The predicted molar refractivity (Wildman–Crippen MR) is 99.5 cm³/mol.